The van der Waals surface area contributed by atoms with E-state index < -0.39 is 12.3 Å². The zero-order valence-electron chi connectivity index (χ0n) is 20.5. The Kier molecular flexibility index (Phi) is 6.46. The molecule has 1 saturated carbocycles. The molecule has 6 nitrogen and oxygen atoms in total. The predicted octanol–water partition coefficient (Wildman–Crippen LogP) is 7.16. The van der Waals surface area contributed by atoms with Crippen molar-refractivity contribution >= 4 is 28.6 Å². The molecule has 0 unspecified atom stereocenters. The number of imidazole rings is 1. The lowest BCUT2D eigenvalue weighted by molar-refractivity contribution is -0.274. The molecule has 1 aliphatic carbocycles. The maximum absolute atomic E-state index is 12.5. The third-order valence-electron chi connectivity index (χ3n) is 6.59. The number of nitrogens with one attached hydrogen (secondary N) is 1. The van der Waals surface area contributed by atoms with Gasteiger partial charge >= 0.3 is 12.3 Å². The molecule has 2 atom stereocenters. The lowest BCUT2D eigenvalue weighted by Crippen LogP contribution is -2.29. The minimum atomic E-state index is -4.75. The number of hydrogen-bond acceptors (Lipinski definition) is 5. The number of carbonyl (C=O) groups is 1. The fraction of sp³-hybridized carbons (Fsp3) is 0.462. The average Bonchev–Trinajstić information content (AvgIpc) is 3.11. The molecule has 4 rings (SSSR count). The zero-order valence-corrected chi connectivity index (χ0v) is 20.5. The molecule has 0 spiro atoms. The smallest absolute Gasteiger partial charge is 0.465 e. The standard InChI is InChI=1S/C26H30F3N3O3/c1-15-12-18(14-25(3,4)13-15)32-21-11-10-20(23(33)34-5)16(2)22(21)31-24(32)30-17-6-8-19(9-7-17)35-26(27,28)29/h6-11,15,18H,12-14H2,1-5H3,(H,30,31)/t15-,18-/m1/s1. The van der Waals surface area contributed by atoms with E-state index in [1.807, 2.05) is 13.0 Å². The van der Waals surface area contributed by atoms with Crippen molar-refractivity contribution < 1.29 is 27.4 Å². The van der Waals surface area contributed by atoms with Crippen molar-refractivity contribution in [1.82, 2.24) is 9.55 Å². The van der Waals surface area contributed by atoms with Gasteiger partial charge in [0.05, 0.1) is 23.7 Å². The number of ether oxygens (including phenoxy) is 2. The van der Waals surface area contributed by atoms with Gasteiger partial charge in [-0.25, -0.2) is 9.78 Å². The number of benzene rings is 2. The van der Waals surface area contributed by atoms with Crippen LogP contribution in [-0.4, -0.2) is 29.0 Å². The van der Waals surface area contributed by atoms with Gasteiger partial charge in [0.15, 0.2) is 0 Å². The molecule has 1 fully saturated rings. The quantitative estimate of drug-likeness (QED) is 0.385. The summed E-state index contributed by atoms with van der Waals surface area (Å²) in [4.78, 5) is 17.1. The van der Waals surface area contributed by atoms with Gasteiger partial charge in [-0.3, -0.25) is 0 Å². The number of aryl methyl sites for hydroxylation is 1. The number of halogens is 3. The molecule has 35 heavy (non-hydrogen) atoms. The summed E-state index contributed by atoms with van der Waals surface area (Å²) in [5, 5.41) is 3.28. The third-order valence-corrected chi connectivity index (χ3v) is 6.59. The molecular weight excluding hydrogens is 459 g/mol. The first-order chi connectivity index (χ1) is 16.4. The monoisotopic (exact) mass is 489 g/mol. The van der Waals surface area contributed by atoms with Crippen LogP contribution in [0.5, 0.6) is 5.75 Å². The Hall–Kier alpha value is -3.23. The van der Waals surface area contributed by atoms with Crippen LogP contribution in [0.1, 0.15) is 62.0 Å². The van der Waals surface area contributed by atoms with Gasteiger partial charge in [-0.2, -0.15) is 0 Å². The SMILES string of the molecule is COC(=O)c1ccc2c(nc(Nc3ccc(OC(F)(F)F)cc3)n2[C@@H]2C[C@@H](C)CC(C)(C)C2)c1C. The van der Waals surface area contributed by atoms with E-state index in [1.54, 1.807) is 6.07 Å². The molecule has 1 aromatic heterocycles. The third kappa shape index (κ3) is 5.39. The largest absolute Gasteiger partial charge is 0.573 e. The van der Waals surface area contributed by atoms with Crippen molar-refractivity contribution in [1.29, 1.82) is 0 Å². The first-order valence-corrected chi connectivity index (χ1v) is 11.6. The van der Waals surface area contributed by atoms with E-state index in [0.717, 1.165) is 24.8 Å². The van der Waals surface area contributed by atoms with Crippen LogP contribution in [0.25, 0.3) is 11.0 Å². The second-order valence-electron chi connectivity index (χ2n) is 10.2. The Bertz CT molecular complexity index is 1230. The Labute approximate surface area is 202 Å². The second kappa shape index (κ2) is 9.09. The number of fused-ring (bicyclic) bond motifs is 1. The van der Waals surface area contributed by atoms with Crippen LogP contribution in [0.15, 0.2) is 36.4 Å². The number of rotatable bonds is 5. The van der Waals surface area contributed by atoms with Crippen molar-refractivity contribution in [3.05, 3.63) is 47.5 Å². The number of carbonyl (C=O) groups excluding carboxylic acids is 1. The van der Waals surface area contributed by atoms with Gasteiger partial charge in [0.1, 0.15) is 5.75 Å². The van der Waals surface area contributed by atoms with E-state index in [9.17, 15) is 18.0 Å². The zero-order chi connectivity index (χ0) is 25.5. The van der Waals surface area contributed by atoms with Gasteiger partial charge in [-0.15, -0.1) is 13.2 Å². The predicted molar refractivity (Wildman–Crippen MR) is 128 cm³/mol. The second-order valence-corrected chi connectivity index (χ2v) is 10.2. The van der Waals surface area contributed by atoms with Crippen LogP contribution >= 0.6 is 0 Å². The highest BCUT2D eigenvalue weighted by atomic mass is 19.4. The molecule has 0 bridgehead atoms. The first kappa shape index (κ1) is 24.9. The minimum absolute atomic E-state index is 0.147. The normalized spacial score (nSPS) is 20.0. The summed E-state index contributed by atoms with van der Waals surface area (Å²) in [6.07, 6.45) is -1.69. The fourth-order valence-electron chi connectivity index (χ4n) is 5.45. The Morgan fingerprint density at radius 1 is 1.14 bits per heavy atom. The molecule has 2 aromatic carbocycles. The van der Waals surface area contributed by atoms with E-state index >= 15 is 0 Å². The summed E-state index contributed by atoms with van der Waals surface area (Å²) in [6, 6.07) is 9.36. The highest BCUT2D eigenvalue weighted by Gasteiger charge is 2.35. The molecule has 1 heterocycles. The number of hydrogen-bond donors (Lipinski definition) is 1. The molecule has 3 aromatic rings. The molecular formula is C26H30F3N3O3. The van der Waals surface area contributed by atoms with Gasteiger partial charge in [0.25, 0.3) is 0 Å². The van der Waals surface area contributed by atoms with Crippen LogP contribution in [-0.2, 0) is 4.74 Å². The molecule has 1 aliphatic rings. The number of nitrogens with zero attached hydrogens (tertiary/aromatic N) is 2. The van der Waals surface area contributed by atoms with E-state index in [-0.39, 0.29) is 17.2 Å². The number of methoxy groups -OCH3 is 1. The van der Waals surface area contributed by atoms with E-state index in [2.05, 4.69) is 35.4 Å². The highest BCUT2D eigenvalue weighted by Crippen LogP contribution is 2.46. The first-order valence-electron chi connectivity index (χ1n) is 11.6. The lowest BCUT2D eigenvalue weighted by Gasteiger charge is -2.40. The van der Waals surface area contributed by atoms with Gasteiger partial charge in [-0.1, -0.05) is 20.8 Å². The van der Waals surface area contributed by atoms with E-state index in [1.165, 1.54) is 31.4 Å². The van der Waals surface area contributed by atoms with Gasteiger partial charge in [0, 0.05) is 11.7 Å². The van der Waals surface area contributed by atoms with Crippen LogP contribution in [0.2, 0.25) is 0 Å². The number of esters is 1. The summed E-state index contributed by atoms with van der Waals surface area (Å²) in [7, 11) is 1.34. The van der Waals surface area contributed by atoms with E-state index in [0.29, 0.717) is 34.2 Å². The highest BCUT2D eigenvalue weighted by molar-refractivity contribution is 5.97. The summed E-state index contributed by atoms with van der Waals surface area (Å²) in [5.74, 6) is 0.368. The van der Waals surface area contributed by atoms with Crippen molar-refractivity contribution in [2.24, 2.45) is 11.3 Å². The fourth-order valence-corrected chi connectivity index (χ4v) is 5.45. The van der Waals surface area contributed by atoms with Gasteiger partial charge in [-0.05, 0) is 79.5 Å². The summed E-state index contributed by atoms with van der Waals surface area (Å²) >= 11 is 0. The van der Waals surface area contributed by atoms with Crippen LogP contribution < -0.4 is 10.1 Å². The number of alkyl halides is 3. The Morgan fingerprint density at radius 2 is 1.83 bits per heavy atom. The maximum Gasteiger partial charge on any atom is 0.573 e. The van der Waals surface area contributed by atoms with Crippen molar-refractivity contribution in [3.8, 4) is 5.75 Å². The van der Waals surface area contributed by atoms with Crippen molar-refractivity contribution in [3.63, 3.8) is 0 Å². The topological polar surface area (TPSA) is 65.4 Å². The molecule has 0 saturated heterocycles. The van der Waals surface area contributed by atoms with Crippen LogP contribution in [0, 0.1) is 18.3 Å². The number of anilines is 2. The van der Waals surface area contributed by atoms with Crippen molar-refractivity contribution in [2.45, 2.75) is 59.4 Å². The minimum Gasteiger partial charge on any atom is -0.465 e. The van der Waals surface area contributed by atoms with Crippen LogP contribution in [0.4, 0.5) is 24.8 Å². The number of aromatic nitrogens is 2. The summed E-state index contributed by atoms with van der Waals surface area (Å²) < 4.78 is 48.7. The lowest BCUT2D eigenvalue weighted by atomic mass is 9.70. The van der Waals surface area contributed by atoms with Crippen LogP contribution in [0.3, 0.4) is 0 Å². The average molecular weight is 490 g/mol. The van der Waals surface area contributed by atoms with Gasteiger partial charge in [0.2, 0.25) is 5.95 Å². The van der Waals surface area contributed by atoms with Gasteiger partial charge < -0.3 is 19.4 Å². The molecule has 0 radical (unpaired) electrons. The molecule has 1 N–H and O–H groups in total. The summed E-state index contributed by atoms with van der Waals surface area (Å²) in [5.41, 5.74) is 3.46. The Morgan fingerprint density at radius 3 is 2.43 bits per heavy atom. The summed E-state index contributed by atoms with van der Waals surface area (Å²) in [6.45, 7) is 8.62. The van der Waals surface area contributed by atoms with E-state index in [4.69, 9.17) is 9.72 Å². The molecule has 0 amide bonds. The maximum atomic E-state index is 12.5. The van der Waals surface area contributed by atoms with Crippen molar-refractivity contribution in [2.75, 3.05) is 12.4 Å². The molecule has 0 aliphatic heterocycles. The molecule has 9 heteroatoms. The molecule has 188 valence electrons. The Balaban J connectivity index is 1.78.